The third-order valence-corrected chi connectivity index (χ3v) is 3.38. The van der Waals surface area contributed by atoms with Gasteiger partial charge in [-0.1, -0.05) is 6.07 Å². The van der Waals surface area contributed by atoms with Crippen LogP contribution in [0.4, 0.5) is 0 Å². The van der Waals surface area contributed by atoms with E-state index >= 15 is 0 Å². The number of hydrogen-bond donors (Lipinski definition) is 1. The number of pyridine rings is 1. The molecule has 3 heterocycles. The predicted octanol–water partition coefficient (Wildman–Crippen LogP) is 1.63. The lowest BCUT2D eigenvalue weighted by Crippen LogP contribution is -2.19. The normalized spacial score (nSPS) is 16.4. The summed E-state index contributed by atoms with van der Waals surface area (Å²) >= 11 is 0. The SMILES string of the molecule is O=C(O)c1cn2c(CN3CCCC3)cccc2n1. The number of aromatic carboxylic acids is 1. The zero-order valence-electron chi connectivity index (χ0n) is 10.0. The van der Waals surface area contributed by atoms with E-state index in [1.54, 1.807) is 6.20 Å². The Balaban J connectivity index is 1.97. The maximum absolute atomic E-state index is 10.9. The van der Waals surface area contributed by atoms with Gasteiger partial charge in [0.05, 0.1) is 0 Å². The Morgan fingerprint density at radius 3 is 2.83 bits per heavy atom. The van der Waals surface area contributed by atoms with Crippen LogP contribution in [0, 0.1) is 0 Å². The number of carboxylic acid groups (broad SMARTS) is 1. The summed E-state index contributed by atoms with van der Waals surface area (Å²) in [5, 5.41) is 8.97. The van der Waals surface area contributed by atoms with E-state index < -0.39 is 5.97 Å². The standard InChI is InChI=1S/C13H15N3O2/c17-13(18)11-9-16-10(4-3-5-12(16)14-11)8-15-6-1-2-7-15/h3-5,9H,1-2,6-8H2,(H,17,18). The molecule has 1 aliphatic rings. The molecule has 0 aromatic carbocycles. The van der Waals surface area contributed by atoms with Crippen LogP contribution in [0.1, 0.15) is 29.0 Å². The third-order valence-electron chi connectivity index (χ3n) is 3.38. The van der Waals surface area contributed by atoms with Crippen LogP contribution < -0.4 is 0 Å². The highest BCUT2D eigenvalue weighted by Gasteiger charge is 2.15. The van der Waals surface area contributed by atoms with Gasteiger partial charge >= 0.3 is 5.97 Å². The van der Waals surface area contributed by atoms with Crippen LogP contribution >= 0.6 is 0 Å². The van der Waals surface area contributed by atoms with E-state index in [1.807, 2.05) is 22.6 Å². The lowest BCUT2D eigenvalue weighted by molar-refractivity contribution is 0.0691. The van der Waals surface area contributed by atoms with Gasteiger partial charge in [-0.2, -0.15) is 0 Å². The van der Waals surface area contributed by atoms with Crippen molar-refractivity contribution in [2.24, 2.45) is 0 Å². The summed E-state index contributed by atoms with van der Waals surface area (Å²) in [4.78, 5) is 17.4. The van der Waals surface area contributed by atoms with Crippen molar-refractivity contribution in [3.63, 3.8) is 0 Å². The summed E-state index contributed by atoms with van der Waals surface area (Å²) in [5.41, 5.74) is 1.89. The zero-order chi connectivity index (χ0) is 12.5. The van der Waals surface area contributed by atoms with Gasteiger partial charge in [-0.3, -0.25) is 4.90 Å². The summed E-state index contributed by atoms with van der Waals surface area (Å²) in [6.07, 6.45) is 4.10. The van der Waals surface area contributed by atoms with E-state index in [1.165, 1.54) is 12.8 Å². The smallest absolute Gasteiger partial charge is 0.356 e. The molecule has 5 nitrogen and oxygen atoms in total. The molecule has 5 heteroatoms. The van der Waals surface area contributed by atoms with Crippen LogP contribution in [0.2, 0.25) is 0 Å². The molecule has 2 aromatic heterocycles. The fourth-order valence-corrected chi connectivity index (χ4v) is 2.47. The maximum Gasteiger partial charge on any atom is 0.356 e. The average Bonchev–Trinajstić information content (AvgIpc) is 2.97. The summed E-state index contributed by atoms with van der Waals surface area (Å²) in [6, 6.07) is 5.79. The highest BCUT2D eigenvalue weighted by atomic mass is 16.4. The Labute approximate surface area is 105 Å². The van der Waals surface area contributed by atoms with Gasteiger partial charge in [0.15, 0.2) is 5.69 Å². The third kappa shape index (κ3) is 1.97. The minimum atomic E-state index is -0.981. The molecule has 0 aliphatic carbocycles. The van der Waals surface area contributed by atoms with E-state index in [4.69, 9.17) is 5.11 Å². The first-order valence-corrected chi connectivity index (χ1v) is 6.17. The van der Waals surface area contributed by atoms with Gasteiger partial charge in [0, 0.05) is 18.4 Å². The van der Waals surface area contributed by atoms with Gasteiger partial charge in [-0.25, -0.2) is 9.78 Å². The number of fused-ring (bicyclic) bond motifs is 1. The maximum atomic E-state index is 10.9. The van der Waals surface area contributed by atoms with Crippen molar-refractivity contribution in [1.82, 2.24) is 14.3 Å². The van der Waals surface area contributed by atoms with Crippen molar-refractivity contribution < 1.29 is 9.90 Å². The largest absolute Gasteiger partial charge is 0.476 e. The molecule has 0 bridgehead atoms. The molecule has 94 valence electrons. The highest BCUT2D eigenvalue weighted by molar-refractivity contribution is 5.86. The van der Waals surface area contributed by atoms with Gasteiger partial charge in [-0.05, 0) is 38.1 Å². The Bertz CT molecular complexity index is 585. The molecular formula is C13H15N3O2. The molecule has 1 fully saturated rings. The average molecular weight is 245 g/mol. The lowest BCUT2D eigenvalue weighted by Gasteiger charge is -2.15. The quantitative estimate of drug-likeness (QED) is 0.893. The zero-order valence-corrected chi connectivity index (χ0v) is 10.0. The molecule has 1 saturated heterocycles. The number of aromatic nitrogens is 2. The first-order valence-electron chi connectivity index (χ1n) is 6.17. The summed E-state index contributed by atoms with van der Waals surface area (Å²) in [5.74, 6) is -0.981. The molecule has 0 spiro atoms. The number of hydrogen-bond acceptors (Lipinski definition) is 3. The van der Waals surface area contributed by atoms with Crippen LogP contribution in [0.5, 0.6) is 0 Å². The molecule has 2 aromatic rings. The van der Waals surface area contributed by atoms with Gasteiger partial charge in [0.2, 0.25) is 0 Å². The van der Waals surface area contributed by atoms with Crippen LogP contribution in [0.25, 0.3) is 5.65 Å². The van der Waals surface area contributed by atoms with E-state index in [-0.39, 0.29) is 5.69 Å². The molecule has 18 heavy (non-hydrogen) atoms. The molecule has 3 rings (SSSR count). The number of carboxylic acids is 1. The monoisotopic (exact) mass is 245 g/mol. The molecule has 1 N–H and O–H groups in total. The molecule has 0 unspecified atom stereocenters. The first-order chi connectivity index (χ1) is 8.74. The van der Waals surface area contributed by atoms with Gasteiger partial charge in [-0.15, -0.1) is 0 Å². The Hall–Kier alpha value is -1.88. The molecule has 0 amide bonds. The Kier molecular flexibility index (Phi) is 2.76. The van der Waals surface area contributed by atoms with Crippen LogP contribution in [-0.4, -0.2) is 38.4 Å². The fraction of sp³-hybridized carbons (Fsp3) is 0.385. The van der Waals surface area contributed by atoms with Gasteiger partial charge < -0.3 is 9.51 Å². The number of rotatable bonds is 3. The lowest BCUT2D eigenvalue weighted by atomic mass is 10.3. The molecule has 0 atom stereocenters. The second-order valence-corrected chi connectivity index (χ2v) is 4.66. The van der Waals surface area contributed by atoms with Crippen molar-refractivity contribution in [3.05, 3.63) is 35.8 Å². The summed E-state index contributed by atoms with van der Waals surface area (Å²) in [7, 11) is 0. The van der Waals surface area contributed by atoms with Crippen molar-refractivity contribution in [3.8, 4) is 0 Å². The van der Waals surface area contributed by atoms with E-state index in [0.29, 0.717) is 5.65 Å². The van der Waals surface area contributed by atoms with E-state index in [2.05, 4.69) is 9.88 Å². The van der Waals surface area contributed by atoms with Gasteiger partial charge in [0.1, 0.15) is 5.65 Å². The Morgan fingerprint density at radius 1 is 1.33 bits per heavy atom. The van der Waals surface area contributed by atoms with Crippen molar-refractivity contribution in [2.75, 3.05) is 13.1 Å². The minimum absolute atomic E-state index is 0.101. The highest BCUT2D eigenvalue weighted by Crippen LogP contribution is 2.15. The first kappa shape index (κ1) is 11.2. The van der Waals surface area contributed by atoms with Crippen molar-refractivity contribution in [1.29, 1.82) is 0 Å². The predicted molar refractivity (Wildman–Crippen MR) is 66.7 cm³/mol. The van der Waals surface area contributed by atoms with Crippen molar-refractivity contribution in [2.45, 2.75) is 19.4 Å². The number of imidazole rings is 1. The molecule has 0 radical (unpaired) electrons. The number of carbonyl (C=O) groups is 1. The second kappa shape index (κ2) is 4.42. The van der Waals surface area contributed by atoms with E-state index in [9.17, 15) is 4.79 Å². The molecule has 0 saturated carbocycles. The second-order valence-electron chi connectivity index (χ2n) is 4.66. The minimum Gasteiger partial charge on any atom is -0.476 e. The van der Waals surface area contributed by atoms with E-state index in [0.717, 1.165) is 25.3 Å². The molecular weight excluding hydrogens is 230 g/mol. The molecule has 1 aliphatic heterocycles. The van der Waals surface area contributed by atoms with Crippen LogP contribution in [0.3, 0.4) is 0 Å². The van der Waals surface area contributed by atoms with Crippen molar-refractivity contribution >= 4 is 11.6 Å². The fourth-order valence-electron chi connectivity index (χ4n) is 2.47. The topological polar surface area (TPSA) is 57.8 Å². The van der Waals surface area contributed by atoms with Gasteiger partial charge in [0.25, 0.3) is 0 Å². The summed E-state index contributed by atoms with van der Waals surface area (Å²) in [6.45, 7) is 3.10. The van der Waals surface area contributed by atoms with Crippen LogP contribution in [-0.2, 0) is 6.54 Å². The van der Waals surface area contributed by atoms with Crippen LogP contribution in [0.15, 0.2) is 24.4 Å². The number of likely N-dealkylation sites (tertiary alicyclic amines) is 1. The number of nitrogens with zero attached hydrogens (tertiary/aromatic N) is 3. The Morgan fingerprint density at radius 2 is 2.11 bits per heavy atom. The summed E-state index contributed by atoms with van der Waals surface area (Å²) < 4.78 is 1.88.